The Hall–Kier alpha value is -2.92. The minimum Gasteiger partial charge on any atom is -0.406 e. The van der Waals surface area contributed by atoms with E-state index >= 15 is 0 Å². The topological polar surface area (TPSA) is 70.1 Å². The molecule has 5 rings (SSSR count). The number of nitrogens with zero attached hydrogens (tertiary/aromatic N) is 2. The van der Waals surface area contributed by atoms with Crippen molar-refractivity contribution in [3.05, 3.63) is 96.1 Å². The van der Waals surface area contributed by atoms with Gasteiger partial charge in [-0.25, -0.2) is 8.42 Å². The van der Waals surface area contributed by atoms with Crippen LogP contribution in [-0.4, -0.2) is 67.4 Å². The molecule has 1 aliphatic carbocycles. The van der Waals surface area contributed by atoms with Gasteiger partial charge < -0.3 is 14.7 Å². The third-order valence-corrected chi connectivity index (χ3v) is 11.3. The number of alkyl halides is 3. The van der Waals surface area contributed by atoms with Crippen molar-refractivity contribution in [2.24, 2.45) is 5.92 Å². The lowest BCUT2D eigenvalue weighted by Crippen LogP contribution is -2.46. The van der Waals surface area contributed by atoms with Crippen molar-refractivity contribution in [2.45, 2.75) is 73.8 Å². The summed E-state index contributed by atoms with van der Waals surface area (Å²) >= 11 is 0. The molecule has 3 unspecified atom stereocenters. The Morgan fingerprint density at radius 1 is 0.932 bits per heavy atom. The van der Waals surface area contributed by atoms with E-state index in [9.17, 15) is 26.7 Å². The fraction of sp³-hybridized carbons (Fsp3) is 0.471. The lowest BCUT2D eigenvalue weighted by molar-refractivity contribution is -0.274. The molecule has 1 saturated heterocycles. The van der Waals surface area contributed by atoms with Crippen LogP contribution in [0.3, 0.4) is 0 Å². The van der Waals surface area contributed by atoms with Crippen LogP contribution in [-0.2, 0) is 16.4 Å². The van der Waals surface area contributed by atoms with Gasteiger partial charge in [-0.3, -0.25) is 0 Å². The first-order chi connectivity index (χ1) is 20.9. The molecule has 0 amide bonds. The third kappa shape index (κ3) is 8.21. The highest BCUT2D eigenvalue weighted by Crippen LogP contribution is 2.44. The summed E-state index contributed by atoms with van der Waals surface area (Å²) in [5, 5.41) is 11.3. The van der Waals surface area contributed by atoms with Crippen LogP contribution in [0.2, 0.25) is 0 Å². The number of ether oxygens (including phenoxy) is 1. The molecule has 0 radical (unpaired) electrons. The minimum absolute atomic E-state index is 0.0724. The summed E-state index contributed by atoms with van der Waals surface area (Å²) in [6.45, 7) is 2.41. The van der Waals surface area contributed by atoms with E-state index < -0.39 is 27.7 Å². The average Bonchev–Trinajstić information content (AvgIpc) is 3.42. The zero-order chi connectivity index (χ0) is 31.4. The monoisotopic (exact) mass is 630 g/mol. The van der Waals surface area contributed by atoms with Gasteiger partial charge in [0, 0.05) is 32.7 Å². The summed E-state index contributed by atoms with van der Waals surface area (Å²) in [4.78, 5) is 2.33. The van der Waals surface area contributed by atoms with Gasteiger partial charge in [-0.15, -0.1) is 13.2 Å². The fourth-order valence-electron chi connectivity index (χ4n) is 6.88. The summed E-state index contributed by atoms with van der Waals surface area (Å²) in [6, 6.07) is 24.6. The molecule has 3 atom stereocenters. The average molecular weight is 631 g/mol. The number of piperidine rings is 1. The normalized spacial score (nSPS) is 22.7. The summed E-state index contributed by atoms with van der Waals surface area (Å²) in [5.74, 6) is -0.0891. The SMILES string of the molecule is CN(C1CC(CN2CCC(O)(CCCc3ccccc3)CC2)C(c2ccccc2)C1)S(=O)(=O)c1ccc(OC(F)(F)F)cc1. The molecule has 1 heterocycles. The van der Waals surface area contributed by atoms with Gasteiger partial charge in [0.15, 0.2) is 0 Å². The van der Waals surface area contributed by atoms with Crippen molar-refractivity contribution < 1.29 is 31.4 Å². The molecule has 1 aliphatic heterocycles. The molecule has 3 aromatic rings. The summed E-state index contributed by atoms with van der Waals surface area (Å²) in [5.41, 5.74) is 1.81. The highest BCUT2D eigenvalue weighted by atomic mass is 32.2. The van der Waals surface area contributed by atoms with Crippen molar-refractivity contribution in [1.82, 2.24) is 9.21 Å². The number of benzene rings is 3. The number of halogens is 3. The van der Waals surface area contributed by atoms with Crippen molar-refractivity contribution in [3.8, 4) is 5.75 Å². The molecule has 1 saturated carbocycles. The number of likely N-dealkylation sites (tertiary alicyclic amines) is 1. The van der Waals surface area contributed by atoms with Gasteiger partial charge in [-0.05, 0) is 92.2 Å². The van der Waals surface area contributed by atoms with Crippen LogP contribution in [0.5, 0.6) is 5.75 Å². The van der Waals surface area contributed by atoms with E-state index in [1.807, 2.05) is 36.4 Å². The van der Waals surface area contributed by atoms with E-state index in [-0.39, 0.29) is 22.8 Å². The van der Waals surface area contributed by atoms with E-state index in [2.05, 4.69) is 33.9 Å². The maximum atomic E-state index is 13.5. The van der Waals surface area contributed by atoms with Gasteiger partial charge in [0.05, 0.1) is 10.5 Å². The second-order valence-corrected chi connectivity index (χ2v) is 14.3. The zero-order valence-electron chi connectivity index (χ0n) is 25.0. The molecule has 6 nitrogen and oxygen atoms in total. The Morgan fingerprint density at radius 2 is 1.55 bits per heavy atom. The molecule has 10 heteroatoms. The van der Waals surface area contributed by atoms with E-state index in [0.717, 1.165) is 76.0 Å². The molecule has 0 aromatic heterocycles. The molecule has 238 valence electrons. The molecule has 2 aliphatic rings. The van der Waals surface area contributed by atoms with Crippen LogP contribution in [0.1, 0.15) is 55.6 Å². The van der Waals surface area contributed by atoms with Gasteiger partial charge in [-0.2, -0.15) is 4.31 Å². The zero-order valence-corrected chi connectivity index (χ0v) is 25.8. The van der Waals surface area contributed by atoms with Crippen molar-refractivity contribution >= 4 is 10.0 Å². The first-order valence-corrected chi connectivity index (χ1v) is 16.7. The molecular weight excluding hydrogens is 589 g/mol. The number of hydrogen-bond donors (Lipinski definition) is 1. The minimum atomic E-state index is -4.85. The molecule has 2 fully saturated rings. The second-order valence-electron chi connectivity index (χ2n) is 12.3. The van der Waals surface area contributed by atoms with Crippen LogP contribution in [0.4, 0.5) is 13.2 Å². The standard InChI is InChI=1S/C34H41F3N2O4S/c1-38(44(41,42)31-16-14-30(15-17-31)43-34(35,36)37)29-23-28(32(24-29)27-12-6-3-7-13-27)25-39-21-19-33(40,20-22-39)18-8-11-26-9-4-2-5-10-26/h2-7,9-10,12-17,28-29,32,40H,8,11,18-25H2,1H3. The predicted octanol–water partition coefficient (Wildman–Crippen LogP) is 6.62. The molecule has 0 spiro atoms. The van der Waals surface area contributed by atoms with Crippen LogP contribution >= 0.6 is 0 Å². The van der Waals surface area contributed by atoms with Gasteiger partial charge in [0.2, 0.25) is 10.0 Å². The molecular formula is C34H41F3N2O4S. The predicted molar refractivity (Wildman–Crippen MR) is 164 cm³/mol. The second kappa shape index (κ2) is 13.6. The Balaban J connectivity index is 1.22. The van der Waals surface area contributed by atoms with E-state index in [0.29, 0.717) is 12.8 Å². The van der Waals surface area contributed by atoms with Gasteiger partial charge >= 0.3 is 6.36 Å². The quantitative estimate of drug-likeness (QED) is 0.258. The number of aryl methyl sites for hydroxylation is 1. The van der Waals surface area contributed by atoms with Crippen LogP contribution < -0.4 is 4.74 Å². The van der Waals surface area contributed by atoms with Gasteiger partial charge in [-0.1, -0.05) is 60.7 Å². The first kappa shape index (κ1) is 32.5. The summed E-state index contributed by atoms with van der Waals surface area (Å²) < 4.78 is 70.1. The number of sulfonamides is 1. The van der Waals surface area contributed by atoms with E-state index in [1.54, 1.807) is 7.05 Å². The largest absolute Gasteiger partial charge is 0.573 e. The van der Waals surface area contributed by atoms with E-state index in [4.69, 9.17) is 0 Å². The van der Waals surface area contributed by atoms with Gasteiger partial charge in [0.1, 0.15) is 5.75 Å². The lowest BCUT2D eigenvalue weighted by Gasteiger charge is -2.40. The number of hydrogen-bond acceptors (Lipinski definition) is 5. The molecule has 1 N–H and O–H groups in total. The highest BCUT2D eigenvalue weighted by molar-refractivity contribution is 7.89. The molecule has 3 aromatic carbocycles. The van der Waals surface area contributed by atoms with Crippen LogP contribution in [0.25, 0.3) is 0 Å². The molecule has 44 heavy (non-hydrogen) atoms. The highest BCUT2D eigenvalue weighted by Gasteiger charge is 2.42. The molecule has 0 bridgehead atoms. The number of aliphatic hydroxyl groups is 1. The summed E-state index contributed by atoms with van der Waals surface area (Å²) in [7, 11) is -2.38. The Morgan fingerprint density at radius 3 is 2.16 bits per heavy atom. The fourth-order valence-corrected chi connectivity index (χ4v) is 8.26. The lowest BCUT2D eigenvalue weighted by atomic mass is 9.84. The van der Waals surface area contributed by atoms with Crippen molar-refractivity contribution in [3.63, 3.8) is 0 Å². The number of rotatable bonds is 11. The smallest absolute Gasteiger partial charge is 0.406 e. The maximum Gasteiger partial charge on any atom is 0.573 e. The first-order valence-electron chi connectivity index (χ1n) is 15.3. The maximum absolute atomic E-state index is 13.5. The van der Waals surface area contributed by atoms with Crippen LogP contribution in [0, 0.1) is 5.92 Å². The van der Waals surface area contributed by atoms with Crippen molar-refractivity contribution in [1.29, 1.82) is 0 Å². The van der Waals surface area contributed by atoms with Crippen LogP contribution in [0.15, 0.2) is 89.8 Å². The Kier molecular flexibility index (Phi) is 10.0. The third-order valence-electron chi connectivity index (χ3n) is 9.38. The van der Waals surface area contributed by atoms with E-state index in [1.165, 1.54) is 15.4 Å². The Labute approximate surface area is 258 Å². The van der Waals surface area contributed by atoms with Gasteiger partial charge in [0.25, 0.3) is 0 Å². The Bertz CT molecular complexity index is 1450. The van der Waals surface area contributed by atoms with Crippen molar-refractivity contribution in [2.75, 3.05) is 26.7 Å². The summed E-state index contributed by atoms with van der Waals surface area (Å²) in [6.07, 6.45) is 0.584.